The average Bonchev–Trinajstić information content (AvgIpc) is 2.71. The van der Waals surface area contributed by atoms with Crippen molar-refractivity contribution < 1.29 is 9.47 Å². The van der Waals surface area contributed by atoms with Crippen LogP contribution in [-0.4, -0.2) is 13.7 Å². The van der Waals surface area contributed by atoms with Gasteiger partial charge in [-0.3, -0.25) is 0 Å². The van der Waals surface area contributed by atoms with Gasteiger partial charge in [0.25, 0.3) is 0 Å². The molecule has 0 aliphatic heterocycles. The molecule has 0 unspecified atom stereocenters. The number of aryl methyl sites for hydroxylation is 1. The highest BCUT2D eigenvalue weighted by Gasteiger charge is 2.06. The minimum atomic E-state index is 0.534. The van der Waals surface area contributed by atoms with E-state index in [4.69, 9.17) is 9.47 Å². The fourth-order valence-corrected chi connectivity index (χ4v) is 3.01. The Morgan fingerprint density at radius 1 is 0.778 bits per heavy atom. The van der Waals surface area contributed by atoms with Crippen molar-refractivity contribution in [3.63, 3.8) is 0 Å². The minimum absolute atomic E-state index is 0.534. The highest BCUT2D eigenvalue weighted by Crippen LogP contribution is 2.29. The second kappa shape index (κ2) is 9.79. The van der Waals surface area contributed by atoms with Gasteiger partial charge in [0.05, 0.1) is 7.11 Å². The smallest absolute Gasteiger partial charge is 0.161 e. The van der Waals surface area contributed by atoms with E-state index >= 15 is 0 Å². The molecular formula is C24H27NO2. The lowest BCUT2D eigenvalue weighted by molar-refractivity contribution is 0.284. The van der Waals surface area contributed by atoms with Crippen molar-refractivity contribution in [3.8, 4) is 11.5 Å². The highest BCUT2D eigenvalue weighted by atomic mass is 16.5. The van der Waals surface area contributed by atoms with Crippen LogP contribution >= 0.6 is 0 Å². The Labute approximate surface area is 162 Å². The van der Waals surface area contributed by atoms with E-state index in [0.717, 1.165) is 36.6 Å². The number of benzene rings is 3. The Morgan fingerprint density at radius 2 is 1.59 bits per heavy atom. The molecule has 0 aromatic heterocycles. The van der Waals surface area contributed by atoms with Gasteiger partial charge in [0, 0.05) is 6.54 Å². The maximum atomic E-state index is 5.96. The van der Waals surface area contributed by atoms with Gasteiger partial charge >= 0.3 is 0 Å². The summed E-state index contributed by atoms with van der Waals surface area (Å²) >= 11 is 0. The average molecular weight is 361 g/mol. The minimum Gasteiger partial charge on any atom is -0.493 e. The number of ether oxygens (including phenoxy) is 2. The molecule has 0 amide bonds. The maximum absolute atomic E-state index is 5.96. The number of hydrogen-bond donors (Lipinski definition) is 1. The predicted octanol–water partition coefficient (Wildman–Crippen LogP) is 4.91. The van der Waals surface area contributed by atoms with Crippen LogP contribution in [0.2, 0.25) is 0 Å². The van der Waals surface area contributed by atoms with E-state index in [2.05, 4.69) is 66.8 Å². The van der Waals surface area contributed by atoms with Crippen LogP contribution in [0.3, 0.4) is 0 Å². The summed E-state index contributed by atoms with van der Waals surface area (Å²) in [6.45, 7) is 4.37. The largest absolute Gasteiger partial charge is 0.493 e. The molecule has 0 aliphatic carbocycles. The predicted molar refractivity (Wildman–Crippen MR) is 110 cm³/mol. The van der Waals surface area contributed by atoms with E-state index in [1.165, 1.54) is 16.7 Å². The van der Waals surface area contributed by atoms with Gasteiger partial charge in [-0.05, 0) is 48.7 Å². The fraction of sp³-hybridized carbons (Fsp3) is 0.250. The topological polar surface area (TPSA) is 30.5 Å². The van der Waals surface area contributed by atoms with E-state index in [-0.39, 0.29) is 0 Å². The lowest BCUT2D eigenvalue weighted by atomic mass is 10.1. The molecule has 0 bridgehead atoms. The number of nitrogens with one attached hydrogen (secondary N) is 1. The number of rotatable bonds is 9. The molecule has 3 nitrogen and oxygen atoms in total. The molecule has 3 aromatic rings. The first-order valence-corrected chi connectivity index (χ1v) is 9.34. The summed E-state index contributed by atoms with van der Waals surface area (Å²) in [6, 6.07) is 25.0. The first-order valence-electron chi connectivity index (χ1n) is 9.34. The van der Waals surface area contributed by atoms with Crippen molar-refractivity contribution in [3.05, 3.63) is 95.1 Å². The third kappa shape index (κ3) is 5.87. The van der Waals surface area contributed by atoms with E-state index in [1.807, 2.05) is 18.2 Å². The van der Waals surface area contributed by atoms with Gasteiger partial charge in [-0.15, -0.1) is 0 Å². The number of methoxy groups -OCH3 is 1. The summed E-state index contributed by atoms with van der Waals surface area (Å²) in [6.07, 6.45) is 1.02. The molecule has 0 atom stereocenters. The SMILES string of the molecule is COc1cc(CNCCc2ccccc2)ccc1OCc1cccc(C)c1. The molecule has 3 aromatic carbocycles. The van der Waals surface area contributed by atoms with Crippen LogP contribution in [-0.2, 0) is 19.6 Å². The second-order valence-corrected chi connectivity index (χ2v) is 6.68. The molecule has 3 heteroatoms. The third-order valence-electron chi connectivity index (χ3n) is 4.47. The Kier molecular flexibility index (Phi) is 6.89. The van der Waals surface area contributed by atoms with Gasteiger partial charge in [-0.2, -0.15) is 0 Å². The molecule has 0 saturated carbocycles. The van der Waals surface area contributed by atoms with Gasteiger partial charge in [0.2, 0.25) is 0 Å². The molecule has 140 valence electrons. The van der Waals surface area contributed by atoms with Crippen LogP contribution in [0.5, 0.6) is 11.5 Å². The van der Waals surface area contributed by atoms with Gasteiger partial charge in [0.1, 0.15) is 6.61 Å². The first-order chi connectivity index (χ1) is 13.2. The van der Waals surface area contributed by atoms with Crippen LogP contribution < -0.4 is 14.8 Å². The Balaban J connectivity index is 1.52. The highest BCUT2D eigenvalue weighted by molar-refractivity contribution is 5.43. The van der Waals surface area contributed by atoms with E-state index in [0.29, 0.717) is 6.61 Å². The van der Waals surface area contributed by atoms with Crippen molar-refractivity contribution in [1.82, 2.24) is 5.32 Å². The van der Waals surface area contributed by atoms with Gasteiger partial charge < -0.3 is 14.8 Å². The summed E-state index contributed by atoms with van der Waals surface area (Å²) in [5, 5.41) is 3.49. The molecule has 0 fully saturated rings. The molecule has 1 N–H and O–H groups in total. The van der Waals surface area contributed by atoms with Gasteiger partial charge in [-0.25, -0.2) is 0 Å². The Hall–Kier alpha value is -2.78. The van der Waals surface area contributed by atoms with Crippen molar-refractivity contribution in [1.29, 1.82) is 0 Å². The standard InChI is InChI=1S/C24H27NO2/c1-19-7-6-10-22(15-19)18-27-23-12-11-21(16-24(23)26-2)17-25-14-13-20-8-4-3-5-9-20/h3-12,15-16,25H,13-14,17-18H2,1-2H3. The van der Waals surface area contributed by atoms with Crippen molar-refractivity contribution in [2.24, 2.45) is 0 Å². The maximum Gasteiger partial charge on any atom is 0.161 e. The van der Waals surface area contributed by atoms with Crippen LogP contribution in [0.15, 0.2) is 72.8 Å². The molecule has 0 spiro atoms. The van der Waals surface area contributed by atoms with Crippen LogP contribution in [0, 0.1) is 6.92 Å². The zero-order valence-electron chi connectivity index (χ0n) is 16.1. The lowest BCUT2D eigenvalue weighted by Gasteiger charge is -2.13. The first kappa shape index (κ1) is 19.0. The Morgan fingerprint density at radius 3 is 2.37 bits per heavy atom. The fourth-order valence-electron chi connectivity index (χ4n) is 3.01. The molecular weight excluding hydrogens is 334 g/mol. The molecule has 27 heavy (non-hydrogen) atoms. The monoisotopic (exact) mass is 361 g/mol. The quantitative estimate of drug-likeness (QED) is 0.549. The summed E-state index contributed by atoms with van der Waals surface area (Å²) in [7, 11) is 1.68. The Bertz CT molecular complexity index is 846. The second-order valence-electron chi connectivity index (χ2n) is 6.68. The van der Waals surface area contributed by atoms with Crippen molar-refractivity contribution in [2.45, 2.75) is 26.5 Å². The number of hydrogen-bond acceptors (Lipinski definition) is 3. The molecule has 0 aliphatic rings. The van der Waals surface area contributed by atoms with E-state index < -0.39 is 0 Å². The molecule has 0 heterocycles. The van der Waals surface area contributed by atoms with Gasteiger partial charge in [-0.1, -0.05) is 66.2 Å². The molecule has 0 saturated heterocycles. The summed E-state index contributed by atoms with van der Waals surface area (Å²) in [5.41, 5.74) is 4.92. The lowest BCUT2D eigenvalue weighted by Crippen LogP contribution is -2.16. The summed E-state index contributed by atoms with van der Waals surface area (Å²) < 4.78 is 11.5. The van der Waals surface area contributed by atoms with Gasteiger partial charge in [0.15, 0.2) is 11.5 Å². The zero-order valence-corrected chi connectivity index (χ0v) is 16.1. The normalized spacial score (nSPS) is 10.6. The zero-order chi connectivity index (χ0) is 18.9. The van der Waals surface area contributed by atoms with E-state index in [1.54, 1.807) is 7.11 Å². The molecule has 3 rings (SSSR count). The van der Waals surface area contributed by atoms with Crippen molar-refractivity contribution >= 4 is 0 Å². The third-order valence-corrected chi connectivity index (χ3v) is 4.47. The van der Waals surface area contributed by atoms with Crippen LogP contribution in [0.25, 0.3) is 0 Å². The van der Waals surface area contributed by atoms with Crippen LogP contribution in [0.1, 0.15) is 22.3 Å². The van der Waals surface area contributed by atoms with E-state index in [9.17, 15) is 0 Å². The van der Waals surface area contributed by atoms with Crippen LogP contribution in [0.4, 0.5) is 0 Å². The molecule has 0 radical (unpaired) electrons. The summed E-state index contributed by atoms with van der Waals surface area (Å²) in [5.74, 6) is 1.54. The summed E-state index contributed by atoms with van der Waals surface area (Å²) in [4.78, 5) is 0. The van der Waals surface area contributed by atoms with Crippen molar-refractivity contribution in [2.75, 3.05) is 13.7 Å².